The highest BCUT2D eigenvalue weighted by atomic mass is 19.3. The van der Waals surface area contributed by atoms with Gasteiger partial charge in [0.15, 0.2) is 0 Å². The van der Waals surface area contributed by atoms with Crippen LogP contribution in [-0.2, 0) is 18.8 Å². The molecular formula is C12H19BF2O4. The van der Waals surface area contributed by atoms with Crippen molar-refractivity contribution in [2.45, 2.75) is 57.6 Å². The van der Waals surface area contributed by atoms with Gasteiger partial charge in [0.2, 0.25) is 0 Å². The van der Waals surface area contributed by atoms with E-state index in [9.17, 15) is 13.6 Å². The number of carbonyl (C=O) groups is 1. The Hall–Kier alpha value is -0.685. The highest BCUT2D eigenvalue weighted by molar-refractivity contribution is 6.50. The van der Waals surface area contributed by atoms with Gasteiger partial charge >= 0.3 is 13.1 Å². The molecule has 0 radical (unpaired) electrons. The fourth-order valence-electron chi connectivity index (χ4n) is 2.26. The summed E-state index contributed by atoms with van der Waals surface area (Å²) in [4.78, 5) is 11.5. The lowest BCUT2D eigenvalue weighted by Crippen LogP contribution is -2.41. The van der Waals surface area contributed by atoms with Crippen LogP contribution in [-0.4, -0.2) is 36.8 Å². The molecule has 0 amide bonds. The SMILES string of the molecule is CCOC(=O)[C@@H]1[C@@H](B2OC(C)(C)C(C)(C)O2)C1(F)F. The van der Waals surface area contributed by atoms with Gasteiger partial charge in [0, 0.05) is 0 Å². The summed E-state index contributed by atoms with van der Waals surface area (Å²) < 4.78 is 43.3. The van der Waals surface area contributed by atoms with E-state index in [0.29, 0.717) is 0 Å². The molecule has 1 saturated heterocycles. The zero-order valence-corrected chi connectivity index (χ0v) is 11.8. The predicted molar refractivity (Wildman–Crippen MR) is 64.9 cm³/mol. The van der Waals surface area contributed by atoms with Crippen LogP contribution in [0.15, 0.2) is 0 Å². The van der Waals surface area contributed by atoms with E-state index >= 15 is 0 Å². The van der Waals surface area contributed by atoms with Gasteiger partial charge in [0.1, 0.15) is 5.92 Å². The summed E-state index contributed by atoms with van der Waals surface area (Å²) in [5.41, 5.74) is -1.37. The number of esters is 1. The normalized spacial score (nSPS) is 34.2. The van der Waals surface area contributed by atoms with Crippen molar-refractivity contribution in [1.82, 2.24) is 0 Å². The van der Waals surface area contributed by atoms with E-state index in [1.54, 1.807) is 34.6 Å². The van der Waals surface area contributed by atoms with Crippen molar-refractivity contribution in [1.29, 1.82) is 0 Å². The third-order valence-corrected chi connectivity index (χ3v) is 4.21. The van der Waals surface area contributed by atoms with E-state index < -0.39 is 41.9 Å². The molecule has 19 heavy (non-hydrogen) atoms. The third kappa shape index (κ3) is 2.16. The Morgan fingerprint density at radius 2 is 1.68 bits per heavy atom. The fraction of sp³-hybridized carbons (Fsp3) is 0.917. The quantitative estimate of drug-likeness (QED) is 0.586. The molecule has 4 nitrogen and oxygen atoms in total. The Kier molecular flexibility index (Phi) is 3.22. The van der Waals surface area contributed by atoms with Gasteiger partial charge in [-0.2, -0.15) is 0 Å². The van der Waals surface area contributed by atoms with Crippen LogP contribution in [0, 0.1) is 5.92 Å². The highest BCUT2D eigenvalue weighted by Crippen LogP contribution is 2.64. The zero-order chi connectivity index (χ0) is 14.6. The molecular weight excluding hydrogens is 257 g/mol. The third-order valence-electron chi connectivity index (χ3n) is 4.21. The van der Waals surface area contributed by atoms with Gasteiger partial charge in [0.05, 0.1) is 23.6 Å². The first kappa shape index (κ1) is 14.7. The van der Waals surface area contributed by atoms with Crippen molar-refractivity contribution in [2.24, 2.45) is 5.92 Å². The van der Waals surface area contributed by atoms with Crippen LogP contribution < -0.4 is 0 Å². The van der Waals surface area contributed by atoms with Crippen LogP contribution in [0.1, 0.15) is 34.6 Å². The number of alkyl halides is 2. The van der Waals surface area contributed by atoms with E-state index in [0.717, 1.165) is 0 Å². The van der Waals surface area contributed by atoms with Crippen LogP contribution in [0.2, 0.25) is 5.82 Å². The largest absolute Gasteiger partial charge is 0.468 e. The molecule has 2 atom stereocenters. The number of ether oxygens (including phenoxy) is 1. The average Bonchev–Trinajstić information content (AvgIpc) is 2.71. The number of hydrogen-bond acceptors (Lipinski definition) is 4. The van der Waals surface area contributed by atoms with E-state index in [-0.39, 0.29) is 6.61 Å². The number of halogens is 2. The van der Waals surface area contributed by atoms with Crippen molar-refractivity contribution in [2.75, 3.05) is 6.61 Å². The minimum Gasteiger partial charge on any atom is -0.466 e. The van der Waals surface area contributed by atoms with Gasteiger partial charge in [-0.15, -0.1) is 0 Å². The summed E-state index contributed by atoms with van der Waals surface area (Å²) in [5, 5.41) is 0. The second-order valence-corrected chi connectivity index (χ2v) is 6.05. The minimum atomic E-state index is -3.12. The molecule has 0 aromatic rings. The smallest absolute Gasteiger partial charge is 0.466 e. The molecule has 1 heterocycles. The summed E-state index contributed by atoms with van der Waals surface area (Å²) in [6.45, 7) is 8.81. The monoisotopic (exact) mass is 276 g/mol. The molecule has 1 aliphatic heterocycles. The predicted octanol–water partition coefficient (Wildman–Crippen LogP) is 2.28. The summed E-state index contributed by atoms with van der Waals surface area (Å²) in [7, 11) is -1.07. The van der Waals surface area contributed by atoms with E-state index in [1.807, 2.05) is 0 Å². The lowest BCUT2D eigenvalue weighted by atomic mass is 9.80. The number of rotatable bonds is 3. The molecule has 0 spiro atoms. The molecule has 0 aromatic heterocycles. The van der Waals surface area contributed by atoms with Crippen molar-refractivity contribution in [3.63, 3.8) is 0 Å². The van der Waals surface area contributed by atoms with E-state index in [4.69, 9.17) is 9.31 Å². The second kappa shape index (κ2) is 4.15. The maximum Gasteiger partial charge on any atom is 0.468 e. The standard InChI is InChI=1S/C12H19BF2O4/c1-6-17-9(16)7-8(12(7,14)15)13-18-10(2,3)11(4,5)19-13/h7-8H,6H2,1-5H3/t7-,8+/m0/s1. The first-order chi connectivity index (χ1) is 8.54. The Balaban J connectivity index is 2.11. The Morgan fingerprint density at radius 3 is 2.11 bits per heavy atom. The first-order valence-electron chi connectivity index (χ1n) is 6.44. The van der Waals surface area contributed by atoms with Crippen molar-refractivity contribution >= 4 is 13.1 Å². The topological polar surface area (TPSA) is 44.8 Å². The molecule has 0 aromatic carbocycles. The van der Waals surface area contributed by atoms with Crippen LogP contribution >= 0.6 is 0 Å². The Bertz CT molecular complexity index is 381. The average molecular weight is 276 g/mol. The molecule has 2 aliphatic rings. The van der Waals surface area contributed by atoms with Gasteiger partial charge in [-0.25, -0.2) is 8.78 Å². The summed E-state index contributed by atoms with van der Waals surface area (Å²) in [5.74, 6) is -6.71. The van der Waals surface area contributed by atoms with Gasteiger partial charge in [-0.1, -0.05) is 0 Å². The van der Waals surface area contributed by atoms with Gasteiger partial charge in [-0.05, 0) is 34.6 Å². The first-order valence-corrected chi connectivity index (χ1v) is 6.44. The minimum absolute atomic E-state index is 0.0848. The second-order valence-electron chi connectivity index (χ2n) is 6.05. The molecule has 2 fully saturated rings. The van der Waals surface area contributed by atoms with Gasteiger partial charge in [-0.3, -0.25) is 4.79 Å². The van der Waals surface area contributed by atoms with Crippen molar-refractivity contribution < 1.29 is 27.6 Å². The summed E-state index contributed by atoms with van der Waals surface area (Å²) in [6, 6.07) is 0. The molecule has 7 heteroatoms. The summed E-state index contributed by atoms with van der Waals surface area (Å²) >= 11 is 0. The molecule has 0 bridgehead atoms. The van der Waals surface area contributed by atoms with Crippen molar-refractivity contribution in [3.8, 4) is 0 Å². The summed E-state index contributed by atoms with van der Waals surface area (Å²) in [6.07, 6.45) is 0. The van der Waals surface area contributed by atoms with E-state index in [1.165, 1.54) is 0 Å². The zero-order valence-electron chi connectivity index (χ0n) is 11.8. The number of hydrogen-bond donors (Lipinski definition) is 0. The molecule has 1 saturated carbocycles. The lowest BCUT2D eigenvalue weighted by molar-refractivity contribution is -0.147. The van der Waals surface area contributed by atoms with Gasteiger partial charge < -0.3 is 14.0 Å². The molecule has 108 valence electrons. The maximum absolute atomic E-state index is 13.7. The number of carbonyl (C=O) groups excluding carboxylic acids is 1. The van der Waals surface area contributed by atoms with Crippen LogP contribution in [0.4, 0.5) is 8.78 Å². The lowest BCUT2D eigenvalue weighted by Gasteiger charge is -2.32. The van der Waals surface area contributed by atoms with Crippen LogP contribution in [0.3, 0.4) is 0 Å². The Morgan fingerprint density at radius 1 is 1.21 bits per heavy atom. The highest BCUT2D eigenvalue weighted by Gasteiger charge is 2.80. The Labute approximate surface area is 111 Å². The van der Waals surface area contributed by atoms with Crippen LogP contribution in [0.25, 0.3) is 0 Å². The van der Waals surface area contributed by atoms with Crippen molar-refractivity contribution in [3.05, 3.63) is 0 Å². The molecule has 2 rings (SSSR count). The maximum atomic E-state index is 13.7. The van der Waals surface area contributed by atoms with Crippen LogP contribution in [0.5, 0.6) is 0 Å². The molecule has 0 unspecified atom stereocenters. The van der Waals surface area contributed by atoms with E-state index in [2.05, 4.69) is 4.74 Å². The fourth-order valence-corrected chi connectivity index (χ4v) is 2.26. The molecule has 0 N–H and O–H groups in total. The van der Waals surface area contributed by atoms with Gasteiger partial charge in [0.25, 0.3) is 5.92 Å². The molecule has 1 aliphatic carbocycles.